The normalized spacial score (nSPS) is 10.8. The quantitative estimate of drug-likeness (QED) is 0.811. The van der Waals surface area contributed by atoms with Crippen molar-refractivity contribution in [3.05, 3.63) is 65.5 Å². The monoisotopic (exact) mass is 300 g/mol. The molecule has 1 N–H and O–H groups in total. The van der Waals surface area contributed by atoms with Gasteiger partial charge in [0, 0.05) is 32.9 Å². The van der Waals surface area contributed by atoms with E-state index in [1.807, 2.05) is 24.3 Å². The van der Waals surface area contributed by atoms with Crippen molar-refractivity contribution in [2.75, 3.05) is 20.3 Å². The highest BCUT2D eigenvalue weighted by atomic mass is 16.5. The number of hydrogen-bond acceptors (Lipinski definition) is 4. The highest BCUT2D eigenvalue weighted by Crippen LogP contribution is 2.11. The van der Waals surface area contributed by atoms with Crippen molar-refractivity contribution in [2.45, 2.75) is 13.1 Å². The van der Waals surface area contributed by atoms with Gasteiger partial charge in [-0.1, -0.05) is 18.2 Å². The van der Waals surface area contributed by atoms with Gasteiger partial charge in [-0.05, 0) is 29.8 Å². The van der Waals surface area contributed by atoms with E-state index in [4.69, 9.17) is 9.84 Å². The number of nitrogens with zero attached hydrogens (tertiary/aromatic N) is 2. The van der Waals surface area contributed by atoms with Gasteiger partial charge >= 0.3 is 5.97 Å². The summed E-state index contributed by atoms with van der Waals surface area (Å²) in [6, 6.07) is 12.8. The Hall–Kier alpha value is -2.24. The van der Waals surface area contributed by atoms with Crippen LogP contribution in [0.3, 0.4) is 0 Å². The largest absolute Gasteiger partial charge is 0.478 e. The predicted molar refractivity (Wildman–Crippen MR) is 83.6 cm³/mol. The number of hydrogen-bond donors (Lipinski definition) is 1. The molecule has 0 aliphatic rings. The topological polar surface area (TPSA) is 62.7 Å². The maximum absolute atomic E-state index is 11.1. The van der Waals surface area contributed by atoms with Gasteiger partial charge < -0.3 is 9.84 Å². The van der Waals surface area contributed by atoms with E-state index in [1.165, 1.54) is 0 Å². The molecule has 0 atom stereocenters. The molecule has 5 heteroatoms. The first-order chi connectivity index (χ1) is 10.7. The van der Waals surface area contributed by atoms with Crippen molar-refractivity contribution in [3.63, 3.8) is 0 Å². The second-order valence-corrected chi connectivity index (χ2v) is 5.03. The number of carboxylic acid groups (broad SMARTS) is 1. The molecule has 2 aromatic rings. The van der Waals surface area contributed by atoms with Crippen LogP contribution in [0.1, 0.15) is 21.6 Å². The number of ether oxygens (including phenoxy) is 1. The fraction of sp³-hybridized carbons (Fsp3) is 0.294. The fourth-order valence-corrected chi connectivity index (χ4v) is 2.22. The average molecular weight is 300 g/mol. The van der Waals surface area contributed by atoms with Gasteiger partial charge in [-0.25, -0.2) is 4.79 Å². The van der Waals surface area contributed by atoms with Crippen LogP contribution in [0.25, 0.3) is 0 Å². The molecule has 0 saturated heterocycles. The Kier molecular flexibility index (Phi) is 6.06. The van der Waals surface area contributed by atoms with Crippen LogP contribution >= 0.6 is 0 Å². The summed E-state index contributed by atoms with van der Waals surface area (Å²) < 4.78 is 5.15. The minimum atomic E-state index is -0.907. The zero-order valence-corrected chi connectivity index (χ0v) is 12.6. The smallest absolute Gasteiger partial charge is 0.335 e. The molecule has 116 valence electrons. The highest BCUT2D eigenvalue weighted by Gasteiger charge is 2.10. The van der Waals surface area contributed by atoms with Gasteiger partial charge in [0.05, 0.1) is 17.9 Å². The van der Waals surface area contributed by atoms with Gasteiger partial charge in [0.2, 0.25) is 0 Å². The lowest BCUT2D eigenvalue weighted by Gasteiger charge is -2.21. The maximum atomic E-state index is 11.1. The van der Waals surface area contributed by atoms with E-state index >= 15 is 0 Å². The number of benzene rings is 1. The molecule has 0 bridgehead atoms. The first-order valence-electron chi connectivity index (χ1n) is 7.12. The zero-order chi connectivity index (χ0) is 15.8. The molecule has 0 radical (unpaired) electrons. The van der Waals surface area contributed by atoms with Crippen molar-refractivity contribution in [3.8, 4) is 0 Å². The standard InChI is InChI=1S/C17H20N2O3/c1-22-10-9-19(13-16-7-2-3-8-18-16)12-14-5-4-6-15(11-14)17(20)21/h2-8,11H,9-10,12-13H2,1H3,(H,20,21). The highest BCUT2D eigenvalue weighted by molar-refractivity contribution is 5.87. The lowest BCUT2D eigenvalue weighted by molar-refractivity contribution is 0.0696. The molecule has 5 nitrogen and oxygen atoms in total. The van der Waals surface area contributed by atoms with Gasteiger partial charge in [-0.2, -0.15) is 0 Å². The van der Waals surface area contributed by atoms with Crippen molar-refractivity contribution < 1.29 is 14.6 Å². The minimum absolute atomic E-state index is 0.307. The van der Waals surface area contributed by atoms with Crippen LogP contribution in [-0.4, -0.2) is 41.2 Å². The molecule has 0 spiro atoms. The SMILES string of the molecule is COCCN(Cc1cccc(C(=O)O)c1)Cc1ccccn1. The lowest BCUT2D eigenvalue weighted by atomic mass is 10.1. The molecule has 0 saturated carbocycles. The summed E-state index contributed by atoms with van der Waals surface area (Å²) in [5.74, 6) is -0.907. The van der Waals surface area contributed by atoms with Gasteiger partial charge in [0.1, 0.15) is 0 Å². The number of methoxy groups -OCH3 is 1. The molecule has 0 unspecified atom stereocenters. The number of carbonyl (C=O) groups is 1. The summed E-state index contributed by atoms with van der Waals surface area (Å²) in [7, 11) is 1.67. The summed E-state index contributed by atoms with van der Waals surface area (Å²) in [4.78, 5) is 17.6. The maximum Gasteiger partial charge on any atom is 0.335 e. The predicted octanol–water partition coefficient (Wildman–Crippen LogP) is 2.43. The van der Waals surface area contributed by atoms with Crippen LogP contribution in [0, 0.1) is 0 Å². The van der Waals surface area contributed by atoms with E-state index in [9.17, 15) is 4.79 Å². The van der Waals surface area contributed by atoms with E-state index in [2.05, 4.69) is 9.88 Å². The van der Waals surface area contributed by atoms with Crippen molar-refractivity contribution in [1.82, 2.24) is 9.88 Å². The molecule has 1 heterocycles. The van der Waals surface area contributed by atoms with Gasteiger partial charge in [0.15, 0.2) is 0 Å². The molecule has 1 aromatic heterocycles. The third-order valence-corrected chi connectivity index (χ3v) is 3.30. The second-order valence-electron chi connectivity index (χ2n) is 5.03. The number of aromatic nitrogens is 1. The molecule has 0 aliphatic heterocycles. The van der Waals surface area contributed by atoms with Crippen molar-refractivity contribution in [1.29, 1.82) is 0 Å². The molecule has 2 rings (SSSR count). The third kappa shape index (κ3) is 4.95. The van der Waals surface area contributed by atoms with E-state index in [-0.39, 0.29) is 0 Å². The Balaban J connectivity index is 2.08. The van der Waals surface area contributed by atoms with E-state index in [0.29, 0.717) is 25.3 Å². The number of carboxylic acids is 1. The summed E-state index contributed by atoms with van der Waals surface area (Å²) in [6.45, 7) is 2.72. The first-order valence-corrected chi connectivity index (χ1v) is 7.12. The Bertz CT molecular complexity index is 602. The first kappa shape index (κ1) is 16.1. The summed E-state index contributed by atoms with van der Waals surface area (Å²) >= 11 is 0. The van der Waals surface area contributed by atoms with Crippen LogP contribution in [0.2, 0.25) is 0 Å². The second kappa shape index (κ2) is 8.26. The van der Waals surface area contributed by atoms with E-state index in [0.717, 1.165) is 17.8 Å². The van der Waals surface area contributed by atoms with E-state index < -0.39 is 5.97 Å². The number of aromatic carboxylic acids is 1. The average Bonchev–Trinajstić information content (AvgIpc) is 2.54. The third-order valence-electron chi connectivity index (χ3n) is 3.30. The van der Waals surface area contributed by atoms with Crippen LogP contribution in [-0.2, 0) is 17.8 Å². The Morgan fingerprint density at radius 3 is 2.77 bits per heavy atom. The minimum Gasteiger partial charge on any atom is -0.478 e. The lowest BCUT2D eigenvalue weighted by Crippen LogP contribution is -2.27. The fourth-order valence-electron chi connectivity index (χ4n) is 2.22. The van der Waals surface area contributed by atoms with Gasteiger partial charge in [0.25, 0.3) is 0 Å². The molecule has 0 amide bonds. The summed E-state index contributed by atoms with van der Waals surface area (Å²) in [5, 5.41) is 9.08. The summed E-state index contributed by atoms with van der Waals surface area (Å²) in [5.41, 5.74) is 2.25. The zero-order valence-electron chi connectivity index (χ0n) is 12.6. The van der Waals surface area contributed by atoms with Crippen LogP contribution in [0.15, 0.2) is 48.7 Å². The summed E-state index contributed by atoms with van der Waals surface area (Å²) in [6.07, 6.45) is 1.77. The Morgan fingerprint density at radius 1 is 1.23 bits per heavy atom. The molecular formula is C17H20N2O3. The van der Waals surface area contributed by atoms with Crippen LogP contribution in [0.4, 0.5) is 0 Å². The van der Waals surface area contributed by atoms with Crippen molar-refractivity contribution >= 4 is 5.97 Å². The van der Waals surface area contributed by atoms with Crippen LogP contribution in [0.5, 0.6) is 0 Å². The van der Waals surface area contributed by atoms with Crippen LogP contribution < -0.4 is 0 Å². The van der Waals surface area contributed by atoms with Gasteiger partial charge in [-0.15, -0.1) is 0 Å². The van der Waals surface area contributed by atoms with E-state index in [1.54, 1.807) is 31.5 Å². The Morgan fingerprint density at radius 2 is 2.09 bits per heavy atom. The molecule has 22 heavy (non-hydrogen) atoms. The number of pyridine rings is 1. The number of rotatable bonds is 8. The molecule has 0 aliphatic carbocycles. The van der Waals surface area contributed by atoms with Crippen molar-refractivity contribution in [2.24, 2.45) is 0 Å². The Labute approximate surface area is 130 Å². The van der Waals surface area contributed by atoms with Gasteiger partial charge in [-0.3, -0.25) is 9.88 Å². The molecule has 0 fully saturated rings. The molecular weight excluding hydrogens is 280 g/mol. The molecule has 1 aromatic carbocycles.